The van der Waals surface area contributed by atoms with Crippen molar-refractivity contribution in [1.82, 2.24) is 9.62 Å². The van der Waals surface area contributed by atoms with Gasteiger partial charge in [0.05, 0.1) is 11.0 Å². The minimum Gasteiger partial charge on any atom is -0.491 e. The number of carbonyl (C=O) groups excluding carboxylic acids is 3. The number of anilines is 1. The Morgan fingerprint density at radius 3 is 2.26 bits per heavy atom. The smallest absolute Gasteiger partial charge is 0.325 e. The zero-order chi connectivity index (χ0) is 25.5. The molecule has 0 aliphatic heterocycles. The molecule has 0 heterocycles. The van der Waals surface area contributed by atoms with Gasteiger partial charge < -0.3 is 20.1 Å². The van der Waals surface area contributed by atoms with E-state index in [1.807, 2.05) is 13.8 Å². The first kappa shape index (κ1) is 26.8. The molecule has 184 valence electrons. The maximum atomic E-state index is 12.4. The second-order valence-corrected chi connectivity index (χ2v) is 9.97. The lowest BCUT2D eigenvalue weighted by molar-refractivity contribution is -0.146. The molecule has 0 fully saturated rings. The van der Waals surface area contributed by atoms with Crippen molar-refractivity contribution < 1.29 is 32.3 Å². The Kier molecular flexibility index (Phi) is 9.16. The molecular weight excluding hydrogens is 462 g/mol. The number of sulfonamides is 1. The molecule has 0 bridgehead atoms. The first-order chi connectivity index (χ1) is 15.9. The predicted molar refractivity (Wildman–Crippen MR) is 126 cm³/mol. The number of ether oxygens (including phenoxy) is 2. The molecular formula is C23H29N3O7S. The largest absolute Gasteiger partial charge is 0.491 e. The van der Waals surface area contributed by atoms with Crippen molar-refractivity contribution in [1.29, 1.82) is 0 Å². The van der Waals surface area contributed by atoms with Gasteiger partial charge in [-0.25, -0.2) is 12.7 Å². The molecule has 2 rings (SSSR count). The fourth-order valence-corrected chi connectivity index (χ4v) is 3.90. The summed E-state index contributed by atoms with van der Waals surface area (Å²) in [4.78, 5) is 36.2. The van der Waals surface area contributed by atoms with E-state index < -0.39 is 41.0 Å². The number of hydrogen-bond acceptors (Lipinski definition) is 7. The van der Waals surface area contributed by atoms with E-state index in [0.29, 0.717) is 16.9 Å². The monoisotopic (exact) mass is 491 g/mol. The van der Waals surface area contributed by atoms with Crippen LogP contribution in [-0.2, 0) is 24.3 Å². The van der Waals surface area contributed by atoms with Gasteiger partial charge in [-0.1, -0.05) is 6.07 Å². The van der Waals surface area contributed by atoms with E-state index >= 15 is 0 Å². The maximum Gasteiger partial charge on any atom is 0.325 e. The van der Waals surface area contributed by atoms with Crippen molar-refractivity contribution >= 4 is 33.5 Å². The van der Waals surface area contributed by atoms with Gasteiger partial charge >= 0.3 is 5.97 Å². The van der Waals surface area contributed by atoms with Gasteiger partial charge in [-0.3, -0.25) is 14.4 Å². The highest BCUT2D eigenvalue weighted by Crippen LogP contribution is 2.22. The van der Waals surface area contributed by atoms with Gasteiger partial charge in [0.2, 0.25) is 10.0 Å². The van der Waals surface area contributed by atoms with E-state index in [4.69, 9.17) is 9.47 Å². The summed E-state index contributed by atoms with van der Waals surface area (Å²) in [5.41, 5.74) is 1.10. The minimum absolute atomic E-state index is 0.00536. The molecule has 0 aliphatic rings. The van der Waals surface area contributed by atoms with Crippen molar-refractivity contribution in [3.63, 3.8) is 0 Å². The van der Waals surface area contributed by atoms with E-state index in [-0.39, 0.29) is 16.7 Å². The second-order valence-electron chi connectivity index (χ2n) is 7.85. The quantitative estimate of drug-likeness (QED) is 0.486. The van der Waals surface area contributed by atoms with Crippen LogP contribution in [0.2, 0.25) is 0 Å². The molecule has 0 unspecified atom stereocenters. The number of rotatable bonds is 10. The highest BCUT2D eigenvalue weighted by molar-refractivity contribution is 7.89. The van der Waals surface area contributed by atoms with Crippen LogP contribution in [0.15, 0.2) is 47.4 Å². The summed E-state index contributed by atoms with van der Waals surface area (Å²) in [6.07, 6.45) is 0.00536. The minimum atomic E-state index is -3.69. The third-order valence-corrected chi connectivity index (χ3v) is 6.43. The Morgan fingerprint density at radius 2 is 1.68 bits per heavy atom. The number of carbonyl (C=O) groups is 3. The standard InChI is InChI=1S/C23H29N3O7S/c1-15(2)33-19-10-7-17(8-11-19)23(29)24-13-22(28)32-14-21(27)25-18-9-6-16(3)20(12-18)34(30,31)26(4)5/h6-12,15H,13-14H2,1-5H3,(H,24,29)(H,25,27). The summed E-state index contributed by atoms with van der Waals surface area (Å²) < 4.78 is 36.2. The van der Waals surface area contributed by atoms with E-state index in [0.717, 1.165) is 4.31 Å². The van der Waals surface area contributed by atoms with Crippen LogP contribution in [0.5, 0.6) is 5.75 Å². The highest BCUT2D eigenvalue weighted by Gasteiger charge is 2.20. The van der Waals surface area contributed by atoms with Crippen LogP contribution in [0.25, 0.3) is 0 Å². The predicted octanol–water partition coefficient (Wildman–Crippen LogP) is 1.94. The highest BCUT2D eigenvalue weighted by atomic mass is 32.2. The Hall–Kier alpha value is -3.44. The Bertz CT molecular complexity index is 1140. The fraction of sp³-hybridized carbons (Fsp3) is 0.348. The number of aryl methyl sites for hydroxylation is 1. The summed E-state index contributed by atoms with van der Waals surface area (Å²) in [6, 6.07) is 10.9. The lowest BCUT2D eigenvalue weighted by Gasteiger charge is -2.15. The van der Waals surface area contributed by atoms with E-state index in [9.17, 15) is 22.8 Å². The first-order valence-corrected chi connectivity index (χ1v) is 11.9. The molecule has 0 spiro atoms. The van der Waals surface area contributed by atoms with Crippen LogP contribution < -0.4 is 15.4 Å². The van der Waals surface area contributed by atoms with Crippen molar-refractivity contribution in [2.45, 2.75) is 31.8 Å². The van der Waals surface area contributed by atoms with Crippen LogP contribution in [0.4, 0.5) is 5.69 Å². The molecule has 2 aromatic rings. The number of benzene rings is 2. The average molecular weight is 492 g/mol. The summed E-state index contributed by atoms with van der Waals surface area (Å²) >= 11 is 0. The Labute approximate surface area is 199 Å². The lowest BCUT2D eigenvalue weighted by Crippen LogP contribution is -2.32. The van der Waals surface area contributed by atoms with E-state index in [1.165, 1.54) is 20.2 Å². The molecule has 2 amide bonds. The Balaban J connectivity index is 1.84. The summed E-state index contributed by atoms with van der Waals surface area (Å²) in [6.45, 7) is 4.40. The molecule has 0 saturated carbocycles. The molecule has 34 heavy (non-hydrogen) atoms. The molecule has 0 atom stereocenters. The van der Waals surface area contributed by atoms with Crippen molar-refractivity contribution in [3.05, 3.63) is 53.6 Å². The van der Waals surface area contributed by atoms with E-state index in [1.54, 1.807) is 43.3 Å². The lowest BCUT2D eigenvalue weighted by atomic mass is 10.2. The molecule has 10 nitrogen and oxygen atoms in total. The van der Waals surface area contributed by atoms with Crippen LogP contribution in [0.3, 0.4) is 0 Å². The molecule has 2 N–H and O–H groups in total. The van der Waals surface area contributed by atoms with Crippen molar-refractivity contribution in [3.8, 4) is 5.75 Å². The summed E-state index contributed by atoms with van der Waals surface area (Å²) in [5, 5.41) is 4.90. The second kappa shape index (κ2) is 11.6. The average Bonchev–Trinajstić information content (AvgIpc) is 2.77. The van der Waals surface area contributed by atoms with Gasteiger partial charge in [-0.15, -0.1) is 0 Å². The van der Waals surface area contributed by atoms with Crippen LogP contribution in [0, 0.1) is 6.92 Å². The Morgan fingerprint density at radius 1 is 1.03 bits per heavy atom. The SMILES string of the molecule is Cc1ccc(NC(=O)COC(=O)CNC(=O)c2ccc(OC(C)C)cc2)cc1S(=O)(=O)N(C)C. The van der Waals surface area contributed by atoms with Gasteiger partial charge in [0.1, 0.15) is 12.3 Å². The van der Waals surface area contributed by atoms with Gasteiger partial charge in [-0.05, 0) is 62.7 Å². The van der Waals surface area contributed by atoms with Crippen LogP contribution in [-0.4, -0.2) is 63.9 Å². The van der Waals surface area contributed by atoms with Crippen molar-refractivity contribution in [2.24, 2.45) is 0 Å². The zero-order valence-electron chi connectivity index (χ0n) is 19.7. The van der Waals surface area contributed by atoms with Crippen molar-refractivity contribution in [2.75, 3.05) is 32.6 Å². The topological polar surface area (TPSA) is 131 Å². The molecule has 0 saturated heterocycles. The van der Waals surface area contributed by atoms with Crippen LogP contribution in [0.1, 0.15) is 29.8 Å². The molecule has 2 aromatic carbocycles. The van der Waals surface area contributed by atoms with Crippen LogP contribution >= 0.6 is 0 Å². The number of nitrogens with zero attached hydrogens (tertiary/aromatic N) is 1. The molecule has 0 radical (unpaired) electrons. The summed E-state index contributed by atoms with van der Waals surface area (Å²) in [5.74, 6) is -1.32. The normalized spacial score (nSPS) is 11.3. The zero-order valence-corrected chi connectivity index (χ0v) is 20.6. The molecule has 0 aliphatic carbocycles. The van der Waals surface area contributed by atoms with Gasteiger partial charge in [0.25, 0.3) is 11.8 Å². The fourth-order valence-electron chi connectivity index (χ4n) is 2.76. The number of nitrogens with one attached hydrogen (secondary N) is 2. The molecule has 11 heteroatoms. The van der Waals surface area contributed by atoms with Gasteiger partial charge in [-0.2, -0.15) is 0 Å². The third-order valence-electron chi connectivity index (χ3n) is 4.48. The third kappa shape index (κ3) is 7.56. The maximum absolute atomic E-state index is 12.4. The van der Waals surface area contributed by atoms with E-state index in [2.05, 4.69) is 10.6 Å². The number of esters is 1. The van der Waals surface area contributed by atoms with Gasteiger partial charge in [0.15, 0.2) is 6.61 Å². The molecule has 0 aromatic heterocycles. The first-order valence-electron chi connectivity index (χ1n) is 10.4. The van der Waals surface area contributed by atoms with Gasteiger partial charge in [0, 0.05) is 25.3 Å². The number of amides is 2. The number of hydrogen-bond donors (Lipinski definition) is 2. The summed E-state index contributed by atoms with van der Waals surface area (Å²) in [7, 11) is -0.866.